The monoisotopic (exact) mass is 324 g/mol. The van der Waals surface area contributed by atoms with Crippen LogP contribution in [0.4, 0.5) is 0 Å². The number of benzene rings is 1. The van der Waals surface area contributed by atoms with Crippen molar-refractivity contribution in [3.05, 3.63) is 61.2 Å². The zero-order valence-electron chi connectivity index (χ0n) is 12.9. The molecule has 118 valence electrons. The molecule has 2 aromatic rings. The highest BCUT2D eigenvalue weighted by molar-refractivity contribution is 8.14. The molecule has 4 nitrogen and oxygen atoms in total. The number of nitrogens with two attached hydrogens (primary N) is 1. The van der Waals surface area contributed by atoms with Crippen molar-refractivity contribution in [3.8, 4) is 11.1 Å². The Morgan fingerprint density at radius 2 is 2.09 bits per heavy atom. The van der Waals surface area contributed by atoms with Crippen LogP contribution in [0.2, 0.25) is 0 Å². The van der Waals surface area contributed by atoms with Crippen molar-refractivity contribution < 1.29 is 0 Å². The molecule has 1 aliphatic heterocycles. The molecule has 2 unspecified atom stereocenters. The van der Waals surface area contributed by atoms with E-state index in [-0.39, 0.29) is 6.04 Å². The third kappa shape index (κ3) is 3.99. The highest BCUT2D eigenvalue weighted by atomic mass is 32.2. The zero-order valence-corrected chi connectivity index (χ0v) is 13.7. The van der Waals surface area contributed by atoms with Crippen molar-refractivity contribution in [2.45, 2.75) is 30.6 Å². The van der Waals surface area contributed by atoms with E-state index >= 15 is 0 Å². The molecule has 2 heterocycles. The van der Waals surface area contributed by atoms with Crippen LogP contribution in [-0.2, 0) is 0 Å². The minimum atomic E-state index is 0.121. The molecule has 0 saturated carbocycles. The van der Waals surface area contributed by atoms with Gasteiger partial charge in [-0.1, -0.05) is 36.0 Å². The highest BCUT2D eigenvalue weighted by Crippen LogP contribution is 2.36. The summed E-state index contributed by atoms with van der Waals surface area (Å²) in [5.41, 5.74) is 9.36. The molecule has 0 bridgehead atoms. The van der Waals surface area contributed by atoms with Crippen LogP contribution in [-0.4, -0.2) is 20.4 Å². The third-order valence-electron chi connectivity index (χ3n) is 3.91. The van der Waals surface area contributed by atoms with Gasteiger partial charge in [-0.3, -0.25) is 4.99 Å². The lowest BCUT2D eigenvalue weighted by molar-refractivity contribution is 0.600. The summed E-state index contributed by atoms with van der Waals surface area (Å²) in [5.74, 6) is 0. The SMILES string of the molecule is C=CCCC1CC(c2cccc(-c3cncnc3)c2)N=C(N)S1. The van der Waals surface area contributed by atoms with Crippen molar-refractivity contribution in [3.63, 3.8) is 0 Å². The van der Waals surface area contributed by atoms with Gasteiger partial charge in [0.05, 0.1) is 6.04 Å². The molecule has 1 aromatic carbocycles. The first kappa shape index (κ1) is 15.7. The van der Waals surface area contributed by atoms with Gasteiger partial charge in [-0.25, -0.2) is 9.97 Å². The molecule has 5 heteroatoms. The Hall–Kier alpha value is -2.14. The number of allylic oxidation sites excluding steroid dienone is 1. The Balaban J connectivity index is 1.83. The Morgan fingerprint density at radius 1 is 1.26 bits per heavy atom. The van der Waals surface area contributed by atoms with Crippen molar-refractivity contribution >= 4 is 16.9 Å². The van der Waals surface area contributed by atoms with E-state index in [1.54, 1.807) is 18.1 Å². The molecule has 0 radical (unpaired) electrons. The highest BCUT2D eigenvalue weighted by Gasteiger charge is 2.24. The summed E-state index contributed by atoms with van der Waals surface area (Å²) in [4.78, 5) is 12.8. The van der Waals surface area contributed by atoms with Crippen molar-refractivity contribution in [2.24, 2.45) is 10.7 Å². The Bertz CT molecular complexity index is 699. The first-order valence-corrected chi connectivity index (χ1v) is 8.60. The lowest BCUT2D eigenvalue weighted by Crippen LogP contribution is -2.22. The van der Waals surface area contributed by atoms with E-state index in [2.05, 4.69) is 45.8 Å². The summed E-state index contributed by atoms with van der Waals surface area (Å²) < 4.78 is 0. The van der Waals surface area contributed by atoms with Gasteiger partial charge in [0.15, 0.2) is 5.17 Å². The second kappa shape index (κ2) is 7.42. The second-order valence-corrected chi connectivity index (χ2v) is 6.90. The van der Waals surface area contributed by atoms with Crippen LogP contribution in [0.5, 0.6) is 0 Å². The minimum Gasteiger partial charge on any atom is -0.379 e. The molecule has 1 aromatic heterocycles. The van der Waals surface area contributed by atoms with E-state index in [9.17, 15) is 0 Å². The van der Waals surface area contributed by atoms with Crippen LogP contribution in [0.3, 0.4) is 0 Å². The largest absolute Gasteiger partial charge is 0.379 e. The van der Waals surface area contributed by atoms with Gasteiger partial charge in [-0.2, -0.15) is 0 Å². The van der Waals surface area contributed by atoms with Crippen LogP contribution in [0.15, 0.2) is 60.6 Å². The maximum absolute atomic E-state index is 6.04. The van der Waals surface area contributed by atoms with Gasteiger partial charge in [-0.05, 0) is 36.5 Å². The van der Waals surface area contributed by atoms with E-state index in [0.717, 1.165) is 30.4 Å². The molecule has 1 aliphatic rings. The number of thioether (sulfide) groups is 1. The summed E-state index contributed by atoms with van der Waals surface area (Å²) in [7, 11) is 0. The van der Waals surface area contributed by atoms with Gasteiger partial charge < -0.3 is 5.73 Å². The van der Waals surface area contributed by atoms with E-state index in [4.69, 9.17) is 5.73 Å². The number of hydrogen-bond acceptors (Lipinski definition) is 5. The summed E-state index contributed by atoms with van der Waals surface area (Å²) in [5, 5.41) is 1.18. The fourth-order valence-corrected chi connectivity index (χ4v) is 3.83. The first-order valence-electron chi connectivity index (χ1n) is 7.72. The lowest BCUT2D eigenvalue weighted by atomic mass is 9.97. The Kier molecular flexibility index (Phi) is 5.08. The van der Waals surface area contributed by atoms with Crippen LogP contribution in [0, 0.1) is 0 Å². The Labute approximate surface area is 141 Å². The molecule has 0 amide bonds. The maximum Gasteiger partial charge on any atom is 0.154 e. The van der Waals surface area contributed by atoms with Gasteiger partial charge in [-0.15, -0.1) is 6.58 Å². The minimum absolute atomic E-state index is 0.121. The van der Waals surface area contributed by atoms with Crippen molar-refractivity contribution in [1.29, 1.82) is 0 Å². The fraction of sp³-hybridized carbons (Fsp3) is 0.278. The third-order valence-corrected chi connectivity index (χ3v) is 5.02. The van der Waals surface area contributed by atoms with Gasteiger partial charge >= 0.3 is 0 Å². The summed E-state index contributed by atoms with van der Waals surface area (Å²) >= 11 is 1.69. The normalized spacial score (nSPS) is 20.8. The van der Waals surface area contributed by atoms with Gasteiger partial charge in [0, 0.05) is 23.2 Å². The number of amidine groups is 1. The van der Waals surface area contributed by atoms with E-state index < -0.39 is 0 Å². The van der Waals surface area contributed by atoms with Crippen molar-refractivity contribution in [1.82, 2.24) is 9.97 Å². The predicted octanol–water partition coefficient (Wildman–Crippen LogP) is 3.97. The van der Waals surface area contributed by atoms with Crippen LogP contribution < -0.4 is 5.73 Å². The number of nitrogens with zero attached hydrogens (tertiary/aromatic N) is 3. The lowest BCUT2D eigenvalue weighted by Gasteiger charge is -2.26. The van der Waals surface area contributed by atoms with Crippen molar-refractivity contribution in [2.75, 3.05) is 0 Å². The number of hydrogen-bond donors (Lipinski definition) is 1. The number of rotatable bonds is 5. The molecule has 2 N–H and O–H groups in total. The Morgan fingerprint density at radius 3 is 2.87 bits per heavy atom. The maximum atomic E-state index is 6.04. The first-order chi connectivity index (χ1) is 11.3. The van der Waals surface area contributed by atoms with E-state index in [1.165, 1.54) is 5.56 Å². The smallest absolute Gasteiger partial charge is 0.154 e. The molecule has 2 atom stereocenters. The number of aliphatic imine (C=N–C) groups is 1. The molecule has 23 heavy (non-hydrogen) atoms. The van der Waals surface area contributed by atoms with Crippen LogP contribution >= 0.6 is 11.8 Å². The summed E-state index contributed by atoms with van der Waals surface area (Å²) in [6.07, 6.45) is 10.3. The summed E-state index contributed by atoms with van der Waals surface area (Å²) in [6.45, 7) is 3.80. The molecule has 0 saturated heterocycles. The molecule has 0 spiro atoms. The van der Waals surface area contributed by atoms with Gasteiger partial charge in [0.1, 0.15) is 6.33 Å². The van der Waals surface area contributed by atoms with Gasteiger partial charge in [0.2, 0.25) is 0 Å². The zero-order chi connectivity index (χ0) is 16.1. The molecule has 0 fully saturated rings. The van der Waals surface area contributed by atoms with E-state index in [1.807, 2.05) is 18.5 Å². The van der Waals surface area contributed by atoms with E-state index in [0.29, 0.717) is 10.4 Å². The van der Waals surface area contributed by atoms with Gasteiger partial charge in [0.25, 0.3) is 0 Å². The fourth-order valence-electron chi connectivity index (χ4n) is 2.77. The quantitative estimate of drug-likeness (QED) is 0.845. The molecular weight excluding hydrogens is 304 g/mol. The second-order valence-electron chi connectivity index (χ2n) is 5.58. The number of aromatic nitrogens is 2. The van der Waals surface area contributed by atoms with Crippen LogP contribution in [0.25, 0.3) is 11.1 Å². The van der Waals surface area contributed by atoms with Crippen LogP contribution in [0.1, 0.15) is 30.9 Å². The molecule has 0 aliphatic carbocycles. The standard InChI is InChI=1S/C18H20N4S/c1-2-3-7-16-9-17(22-18(19)23-16)14-6-4-5-13(8-14)15-10-20-12-21-11-15/h2,4-6,8,10-12,16-17H,1,3,7,9H2,(H2,19,22). The summed E-state index contributed by atoms with van der Waals surface area (Å²) in [6, 6.07) is 8.54. The average Bonchev–Trinajstić information content (AvgIpc) is 2.60. The molecule has 3 rings (SSSR count). The molecular formula is C18H20N4S. The topological polar surface area (TPSA) is 64.2 Å². The predicted molar refractivity (Wildman–Crippen MR) is 97.3 cm³/mol. The average molecular weight is 324 g/mol.